The highest BCUT2D eigenvalue weighted by Crippen LogP contribution is 2.36. The highest BCUT2D eigenvalue weighted by molar-refractivity contribution is 5.69. The molecule has 0 spiro atoms. The molecule has 0 atom stereocenters. The zero-order chi connectivity index (χ0) is 12.3. The van der Waals surface area contributed by atoms with Crippen LogP contribution in [0.4, 0.5) is 0 Å². The van der Waals surface area contributed by atoms with E-state index in [4.69, 9.17) is 15.2 Å². The number of allylic oxidation sites excluding steroid dienone is 1. The van der Waals surface area contributed by atoms with Crippen molar-refractivity contribution in [1.29, 1.82) is 0 Å². The fraction of sp³-hybridized carbons (Fsp3) is 0.429. The Morgan fingerprint density at radius 2 is 2.12 bits per heavy atom. The van der Waals surface area contributed by atoms with E-state index in [2.05, 4.69) is 26.0 Å². The molecule has 92 valence electrons. The summed E-state index contributed by atoms with van der Waals surface area (Å²) in [6.07, 6.45) is 3.12. The van der Waals surface area contributed by atoms with Gasteiger partial charge in [-0.15, -0.1) is 0 Å². The highest BCUT2D eigenvalue weighted by atomic mass is 16.7. The molecule has 0 fully saturated rings. The third-order valence-electron chi connectivity index (χ3n) is 2.86. The Bertz CT molecular complexity index is 424. The van der Waals surface area contributed by atoms with Gasteiger partial charge in [0.25, 0.3) is 0 Å². The Labute approximate surface area is 102 Å². The Morgan fingerprint density at radius 1 is 1.35 bits per heavy atom. The largest absolute Gasteiger partial charge is 0.454 e. The molecule has 1 aliphatic heterocycles. The lowest BCUT2D eigenvalue weighted by Crippen LogP contribution is -1.99. The van der Waals surface area contributed by atoms with E-state index in [9.17, 15) is 0 Å². The average Bonchev–Trinajstić information content (AvgIpc) is 2.76. The van der Waals surface area contributed by atoms with Gasteiger partial charge in [-0.3, -0.25) is 0 Å². The monoisotopic (exact) mass is 233 g/mol. The van der Waals surface area contributed by atoms with Crippen LogP contribution in [-0.4, -0.2) is 13.3 Å². The fourth-order valence-corrected chi connectivity index (χ4v) is 2.00. The summed E-state index contributed by atoms with van der Waals surface area (Å²) < 4.78 is 10.7. The van der Waals surface area contributed by atoms with Crippen LogP contribution in [-0.2, 0) is 0 Å². The van der Waals surface area contributed by atoms with E-state index in [0.29, 0.717) is 19.3 Å². The van der Waals surface area contributed by atoms with Crippen molar-refractivity contribution < 1.29 is 9.47 Å². The fourth-order valence-electron chi connectivity index (χ4n) is 2.00. The maximum atomic E-state index is 5.56. The summed E-state index contributed by atoms with van der Waals surface area (Å²) >= 11 is 0. The van der Waals surface area contributed by atoms with Crippen LogP contribution in [0, 0.1) is 5.92 Å². The second kappa shape index (κ2) is 5.23. The number of nitrogens with two attached hydrogens (primary N) is 1. The van der Waals surface area contributed by atoms with Crippen molar-refractivity contribution in [2.45, 2.75) is 20.3 Å². The zero-order valence-electron chi connectivity index (χ0n) is 10.4. The molecule has 2 N–H and O–H groups in total. The Morgan fingerprint density at radius 3 is 2.82 bits per heavy atom. The zero-order valence-corrected chi connectivity index (χ0v) is 10.4. The molecule has 3 nitrogen and oxygen atoms in total. The van der Waals surface area contributed by atoms with E-state index in [1.54, 1.807) is 0 Å². The van der Waals surface area contributed by atoms with Gasteiger partial charge >= 0.3 is 0 Å². The molecule has 0 radical (unpaired) electrons. The molecule has 1 aromatic rings. The first-order chi connectivity index (χ1) is 8.22. The molecule has 0 saturated heterocycles. The molecule has 0 saturated carbocycles. The van der Waals surface area contributed by atoms with Crippen molar-refractivity contribution in [1.82, 2.24) is 0 Å². The topological polar surface area (TPSA) is 44.5 Å². The van der Waals surface area contributed by atoms with Crippen LogP contribution in [0.2, 0.25) is 0 Å². The van der Waals surface area contributed by atoms with E-state index in [1.807, 2.05) is 12.1 Å². The van der Waals surface area contributed by atoms with Gasteiger partial charge in [-0.25, -0.2) is 0 Å². The van der Waals surface area contributed by atoms with Crippen LogP contribution in [0.3, 0.4) is 0 Å². The first kappa shape index (κ1) is 12.0. The second-order valence-corrected chi connectivity index (χ2v) is 4.46. The molecule has 0 unspecified atom stereocenters. The average molecular weight is 233 g/mol. The van der Waals surface area contributed by atoms with Gasteiger partial charge < -0.3 is 15.2 Å². The van der Waals surface area contributed by atoms with Crippen LogP contribution in [0.5, 0.6) is 11.5 Å². The minimum Gasteiger partial charge on any atom is -0.454 e. The summed E-state index contributed by atoms with van der Waals surface area (Å²) in [5.74, 6) is 2.14. The molecule has 0 bridgehead atoms. The van der Waals surface area contributed by atoms with Crippen LogP contribution in [0.15, 0.2) is 24.3 Å². The normalized spacial score (nSPS) is 14.5. The lowest BCUT2D eigenvalue weighted by molar-refractivity contribution is 0.174. The SMILES string of the molecule is CC(C)/C(=C\CCN)c1ccc2c(c1)OCO2. The minimum atomic E-state index is 0.322. The summed E-state index contributed by atoms with van der Waals surface area (Å²) in [5, 5.41) is 0. The molecule has 0 amide bonds. The first-order valence-corrected chi connectivity index (χ1v) is 6.02. The standard InChI is InChI=1S/C14H19NO2/c1-10(2)12(4-3-7-15)11-5-6-13-14(8-11)17-9-16-13/h4-6,8,10H,3,7,9,15H2,1-2H3/b12-4+. The highest BCUT2D eigenvalue weighted by Gasteiger charge is 2.15. The van der Waals surface area contributed by atoms with Crippen molar-refractivity contribution in [2.75, 3.05) is 13.3 Å². The van der Waals surface area contributed by atoms with E-state index in [-0.39, 0.29) is 0 Å². The smallest absolute Gasteiger partial charge is 0.231 e. The van der Waals surface area contributed by atoms with Crippen molar-refractivity contribution in [3.63, 3.8) is 0 Å². The molecule has 0 aliphatic carbocycles. The van der Waals surface area contributed by atoms with Gasteiger partial charge in [-0.05, 0) is 42.2 Å². The van der Waals surface area contributed by atoms with Crippen molar-refractivity contribution in [2.24, 2.45) is 11.7 Å². The van der Waals surface area contributed by atoms with Crippen LogP contribution < -0.4 is 15.2 Å². The van der Waals surface area contributed by atoms with E-state index >= 15 is 0 Å². The Hall–Kier alpha value is -1.48. The number of fused-ring (bicyclic) bond motifs is 1. The summed E-state index contributed by atoms with van der Waals surface area (Å²) in [7, 11) is 0. The maximum absolute atomic E-state index is 5.56. The minimum absolute atomic E-state index is 0.322. The third kappa shape index (κ3) is 2.61. The van der Waals surface area contributed by atoms with Gasteiger partial charge in [0.2, 0.25) is 6.79 Å². The van der Waals surface area contributed by atoms with Crippen LogP contribution >= 0.6 is 0 Å². The predicted octanol–water partition coefficient (Wildman–Crippen LogP) is 2.80. The van der Waals surface area contributed by atoms with E-state index in [0.717, 1.165) is 17.9 Å². The van der Waals surface area contributed by atoms with Gasteiger partial charge in [-0.2, -0.15) is 0 Å². The van der Waals surface area contributed by atoms with Gasteiger partial charge in [0, 0.05) is 0 Å². The molecule has 17 heavy (non-hydrogen) atoms. The number of hydrogen-bond donors (Lipinski definition) is 1. The first-order valence-electron chi connectivity index (χ1n) is 6.02. The summed E-state index contributed by atoms with van der Waals surface area (Å²) in [6, 6.07) is 6.09. The van der Waals surface area contributed by atoms with Crippen LogP contribution in [0.1, 0.15) is 25.8 Å². The van der Waals surface area contributed by atoms with Gasteiger partial charge in [-0.1, -0.05) is 26.0 Å². The van der Waals surface area contributed by atoms with E-state index in [1.165, 1.54) is 11.1 Å². The molecule has 3 heteroatoms. The summed E-state index contributed by atoms with van der Waals surface area (Å²) in [4.78, 5) is 0. The number of rotatable bonds is 4. The number of benzene rings is 1. The molecular weight excluding hydrogens is 214 g/mol. The van der Waals surface area contributed by atoms with E-state index < -0.39 is 0 Å². The summed E-state index contributed by atoms with van der Waals surface area (Å²) in [6.45, 7) is 5.38. The summed E-state index contributed by atoms with van der Waals surface area (Å²) in [5.41, 5.74) is 8.06. The lowest BCUT2D eigenvalue weighted by Gasteiger charge is -2.12. The molecule has 0 aromatic heterocycles. The van der Waals surface area contributed by atoms with Crippen molar-refractivity contribution >= 4 is 5.57 Å². The Balaban J connectivity index is 2.30. The van der Waals surface area contributed by atoms with Crippen molar-refractivity contribution in [3.05, 3.63) is 29.8 Å². The van der Waals surface area contributed by atoms with Gasteiger partial charge in [0.15, 0.2) is 11.5 Å². The molecule has 1 heterocycles. The maximum Gasteiger partial charge on any atom is 0.231 e. The van der Waals surface area contributed by atoms with Crippen LogP contribution in [0.25, 0.3) is 5.57 Å². The predicted molar refractivity (Wildman–Crippen MR) is 69.1 cm³/mol. The molecule has 2 rings (SSSR count). The molecular formula is C14H19NO2. The number of ether oxygens (including phenoxy) is 2. The second-order valence-electron chi connectivity index (χ2n) is 4.46. The molecule has 1 aliphatic rings. The molecule has 1 aromatic carbocycles. The Kier molecular flexibility index (Phi) is 3.69. The van der Waals surface area contributed by atoms with Gasteiger partial charge in [0.05, 0.1) is 0 Å². The lowest BCUT2D eigenvalue weighted by atomic mass is 9.94. The number of hydrogen-bond acceptors (Lipinski definition) is 3. The van der Waals surface area contributed by atoms with Crippen molar-refractivity contribution in [3.8, 4) is 11.5 Å². The quantitative estimate of drug-likeness (QED) is 0.869. The van der Waals surface area contributed by atoms with Gasteiger partial charge in [0.1, 0.15) is 0 Å². The third-order valence-corrected chi connectivity index (χ3v) is 2.86.